The van der Waals surface area contributed by atoms with Crippen LogP contribution in [0.25, 0.3) is 0 Å². The average Bonchev–Trinajstić information content (AvgIpc) is 3.29. The Morgan fingerprint density at radius 1 is 1.17 bits per heavy atom. The second kappa shape index (κ2) is 9.24. The molecule has 1 atom stereocenters. The third kappa shape index (κ3) is 5.05. The standard InChI is InChI=1S/C22H28N4O3/c1-23-22(27)21-14-20(5-9-24-21)29-19-4-2-3-17(13-19)25-16-6-10-26(11-7-16)18-8-12-28-15-18/h2-5,9,13-14,16,18,25H,6-8,10-12,15H2,1H3,(H,23,27). The number of rotatable bonds is 6. The fourth-order valence-electron chi connectivity index (χ4n) is 3.97. The smallest absolute Gasteiger partial charge is 0.269 e. The van der Waals surface area contributed by atoms with Crippen molar-refractivity contribution in [3.63, 3.8) is 0 Å². The molecule has 1 aromatic heterocycles. The van der Waals surface area contributed by atoms with Crippen LogP contribution in [0.4, 0.5) is 5.69 Å². The molecule has 1 aromatic carbocycles. The van der Waals surface area contributed by atoms with Crippen LogP contribution in [0.1, 0.15) is 29.8 Å². The third-order valence-corrected chi connectivity index (χ3v) is 5.58. The summed E-state index contributed by atoms with van der Waals surface area (Å²) in [5, 5.41) is 6.21. The van der Waals surface area contributed by atoms with Crippen molar-refractivity contribution in [3.8, 4) is 11.5 Å². The van der Waals surface area contributed by atoms with E-state index in [1.165, 1.54) is 0 Å². The molecule has 2 aliphatic heterocycles. The first-order valence-corrected chi connectivity index (χ1v) is 10.3. The first-order chi connectivity index (χ1) is 14.2. The van der Waals surface area contributed by atoms with E-state index in [-0.39, 0.29) is 5.91 Å². The number of anilines is 1. The highest BCUT2D eigenvalue weighted by Crippen LogP contribution is 2.26. The van der Waals surface area contributed by atoms with Crippen molar-refractivity contribution in [2.75, 3.05) is 38.7 Å². The van der Waals surface area contributed by atoms with Crippen molar-refractivity contribution >= 4 is 11.6 Å². The van der Waals surface area contributed by atoms with Crippen LogP contribution in [-0.4, -0.2) is 61.2 Å². The number of carbonyl (C=O) groups is 1. The molecule has 0 aliphatic carbocycles. The molecule has 29 heavy (non-hydrogen) atoms. The van der Waals surface area contributed by atoms with E-state index < -0.39 is 0 Å². The van der Waals surface area contributed by atoms with Crippen LogP contribution in [0.5, 0.6) is 11.5 Å². The lowest BCUT2D eigenvalue weighted by Crippen LogP contribution is -2.44. The van der Waals surface area contributed by atoms with E-state index in [0.29, 0.717) is 23.5 Å². The predicted molar refractivity (Wildman–Crippen MR) is 112 cm³/mol. The van der Waals surface area contributed by atoms with Gasteiger partial charge in [0.05, 0.1) is 6.61 Å². The number of nitrogens with one attached hydrogen (secondary N) is 2. The van der Waals surface area contributed by atoms with Gasteiger partial charge in [0.2, 0.25) is 0 Å². The Morgan fingerprint density at radius 3 is 2.76 bits per heavy atom. The van der Waals surface area contributed by atoms with Gasteiger partial charge in [0.1, 0.15) is 17.2 Å². The molecule has 2 fully saturated rings. The molecule has 2 aromatic rings. The molecule has 2 N–H and O–H groups in total. The van der Waals surface area contributed by atoms with Crippen LogP contribution >= 0.6 is 0 Å². The van der Waals surface area contributed by atoms with E-state index in [9.17, 15) is 4.79 Å². The van der Waals surface area contributed by atoms with Crippen LogP contribution in [0.15, 0.2) is 42.6 Å². The summed E-state index contributed by atoms with van der Waals surface area (Å²) in [7, 11) is 1.58. The Bertz CT molecular complexity index is 830. The molecule has 3 heterocycles. The number of nitrogens with zero attached hydrogens (tertiary/aromatic N) is 2. The molecule has 0 radical (unpaired) electrons. The molecule has 154 valence electrons. The van der Waals surface area contributed by atoms with E-state index in [0.717, 1.165) is 57.0 Å². The number of aromatic nitrogens is 1. The molecule has 0 spiro atoms. The molecule has 1 amide bonds. The minimum atomic E-state index is -0.235. The zero-order valence-corrected chi connectivity index (χ0v) is 16.8. The van der Waals surface area contributed by atoms with Crippen molar-refractivity contribution in [3.05, 3.63) is 48.3 Å². The van der Waals surface area contributed by atoms with Gasteiger partial charge in [0, 0.05) is 62.8 Å². The molecule has 2 aliphatic rings. The zero-order valence-electron chi connectivity index (χ0n) is 16.8. The van der Waals surface area contributed by atoms with Crippen LogP contribution < -0.4 is 15.4 Å². The van der Waals surface area contributed by atoms with E-state index in [1.54, 1.807) is 25.4 Å². The molecule has 7 nitrogen and oxygen atoms in total. The SMILES string of the molecule is CNC(=O)c1cc(Oc2cccc(NC3CCN(C4CCOC4)CC3)c2)ccn1. The maximum absolute atomic E-state index is 11.8. The number of hydrogen-bond acceptors (Lipinski definition) is 6. The summed E-state index contributed by atoms with van der Waals surface area (Å²) in [4.78, 5) is 18.4. The molecule has 0 bridgehead atoms. The molecule has 1 unspecified atom stereocenters. The molecule has 7 heteroatoms. The molecular weight excluding hydrogens is 368 g/mol. The summed E-state index contributed by atoms with van der Waals surface area (Å²) in [6, 6.07) is 12.4. The Hall–Kier alpha value is -2.64. The Labute approximate surface area is 171 Å². The summed E-state index contributed by atoms with van der Waals surface area (Å²) in [5.41, 5.74) is 1.38. The van der Waals surface area contributed by atoms with Crippen LogP contribution in [-0.2, 0) is 4.74 Å². The Balaban J connectivity index is 1.34. The summed E-state index contributed by atoms with van der Waals surface area (Å²) in [5.74, 6) is 1.08. The Morgan fingerprint density at radius 2 is 2.00 bits per heavy atom. The predicted octanol–water partition coefficient (Wildman–Crippen LogP) is 2.90. The van der Waals surface area contributed by atoms with Crippen LogP contribution in [0, 0.1) is 0 Å². The van der Waals surface area contributed by atoms with Gasteiger partial charge in [-0.2, -0.15) is 0 Å². The van der Waals surface area contributed by atoms with Crippen LogP contribution in [0.3, 0.4) is 0 Å². The average molecular weight is 396 g/mol. The number of hydrogen-bond donors (Lipinski definition) is 2. The van der Waals surface area contributed by atoms with Crippen molar-refractivity contribution in [1.82, 2.24) is 15.2 Å². The van der Waals surface area contributed by atoms with Gasteiger partial charge in [-0.25, -0.2) is 0 Å². The second-order valence-electron chi connectivity index (χ2n) is 7.56. The van der Waals surface area contributed by atoms with Gasteiger partial charge >= 0.3 is 0 Å². The van der Waals surface area contributed by atoms with Gasteiger partial charge in [-0.05, 0) is 37.5 Å². The molecule has 0 saturated carbocycles. The maximum Gasteiger partial charge on any atom is 0.269 e. The number of likely N-dealkylation sites (tertiary alicyclic amines) is 1. The third-order valence-electron chi connectivity index (χ3n) is 5.58. The number of ether oxygens (including phenoxy) is 2. The normalized spacial score (nSPS) is 20.4. The zero-order chi connectivity index (χ0) is 20.1. The highest BCUT2D eigenvalue weighted by atomic mass is 16.5. The number of carbonyl (C=O) groups excluding carboxylic acids is 1. The molecule has 2 saturated heterocycles. The largest absolute Gasteiger partial charge is 0.457 e. The highest BCUT2D eigenvalue weighted by Gasteiger charge is 2.27. The molecule has 4 rings (SSSR count). The van der Waals surface area contributed by atoms with Crippen LogP contribution in [0.2, 0.25) is 0 Å². The number of amides is 1. The summed E-state index contributed by atoms with van der Waals surface area (Å²) >= 11 is 0. The first-order valence-electron chi connectivity index (χ1n) is 10.3. The highest BCUT2D eigenvalue weighted by molar-refractivity contribution is 5.92. The van der Waals surface area contributed by atoms with E-state index in [1.807, 2.05) is 18.2 Å². The van der Waals surface area contributed by atoms with Crippen molar-refractivity contribution in [2.45, 2.75) is 31.3 Å². The number of pyridine rings is 1. The van der Waals surface area contributed by atoms with Crippen molar-refractivity contribution < 1.29 is 14.3 Å². The monoisotopic (exact) mass is 396 g/mol. The van der Waals surface area contributed by atoms with Gasteiger partial charge in [0.15, 0.2) is 0 Å². The van der Waals surface area contributed by atoms with E-state index in [4.69, 9.17) is 9.47 Å². The van der Waals surface area contributed by atoms with Crippen molar-refractivity contribution in [2.24, 2.45) is 0 Å². The lowest BCUT2D eigenvalue weighted by Gasteiger charge is -2.36. The van der Waals surface area contributed by atoms with E-state index >= 15 is 0 Å². The number of piperidine rings is 1. The summed E-state index contributed by atoms with van der Waals surface area (Å²) < 4.78 is 11.5. The van der Waals surface area contributed by atoms with E-state index in [2.05, 4.69) is 26.6 Å². The maximum atomic E-state index is 11.8. The summed E-state index contributed by atoms with van der Waals surface area (Å²) in [6.07, 6.45) is 4.99. The van der Waals surface area contributed by atoms with Gasteiger partial charge < -0.3 is 20.1 Å². The first kappa shape index (κ1) is 19.7. The molecular formula is C22H28N4O3. The Kier molecular flexibility index (Phi) is 6.27. The fourth-order valence-corrected chi connectivity index (χ4v) is 3.97. The number of benzene rings is 1. The topological polar surface area (TPSA) is 75.7 Å². The lowest BCUT2D eigenvalue weighted by atomic mass is 10.0. The van der Waals surface area contributed by atoms with Crippen molar-refractivity contribution in [1.29, 1.82) is 0 Å². The van der Waals surface area contributed by atoms with Gasteiger partial charge in [-0.15, -0.1) is 0 Å². The summed E-state index contributed by atoms with van der Waals surface area (Å²) in [6.45, 7) is 4.01. The lowest BCUT2D eigenvalue weighted by molar-refractivity contribution is 0.0958. The van der Waals surface area contributed by atoms with Gasteiger partial charge in [-0.1, -0.05) is 6.07 Å². The minimum absolute atomic E-state index is 0.235. The van der Waals surface area contributed by atoms with Gasteiger partial charge in [-0.3, -0.25) is 14.7 Å². The van der Waals surface area contributed by atoms with Gasteiger partial charge in [0.25, 0.3) is 5.91 Å². The quantitative estimate of drug-likeness (QED) is 0.782. The minimum Gasteiger partial charge on any atom is -0.457 e. The fraction of sp³-hybridized carbons (Fsp3) is 0.455. The second-order valence-corrected chi connectivity index (χ2v) is 7.56.